The molecular formula is C22H28FN3O6. The fraction of sp³-hybridized carbons (Fsp3) is 0.545. The summed E-state index contributed by atoms with van der Waals surface area (Å²) in [7, 11) is 2.67. The SMILES string of the molecule is COC(=O)C[C@H]1C(=O)NCCN1C(=O)CC[C@@]1(Cc2ccc(OC)cc2F)CCC(=O)N1. The van der Waals surface area contributed by atoms with Crippen molar-refractivity contribution in [2.45, 2.75) is 50.1 Å². The van der Waals surface area contributed by atoms with Crippen molar-refractivity contribution in [3.63, 3.8) is 0 Å². The third-order valence-corrected chi connectivity index (χ3v) is 6.08. The number of carbonyl (C=O) groups excluding carboxylic acids is 4. The Morgan fingerprint density at radius 1 is 1.28 bits per heavy atom. The summed E-state index contributed by atoms with van der Waals surface area (Å²) in [6.07, 6.45) is 1.09. The summed E-state index contributed by atoms with van der Waals surface area (Å²) in [6, 6.07) is 3.62. The normalized spacial score (nSPS) is 22.8. The number of ether oxygens (including phenoxy) is 2. The van der Waals surface area contributed by atoms with E-state index in [1.54, 1.807) is 12.1 Å². The van der Waals surface area contributed by atoms with Crippen LogP contribution >= 0.6 is 0 Å². The van der Waals surface area contributed by atoms with Gasteiger partial charge >= 0.3 is 5.97 Å². The maximum atomic E-state index is 14.5. The second-order valence-electron chi connectivity index (χ2n) is 8.14. The lowest BCUT2D eigenvalue weighted by atomic mass is 9.84. The van der Waals surface area contributed by atoms with E-state index in [1.165, 1.54) is 25.2 Å². The second kappa shape index (κ2) is 9.97. The molecule has 0 radical (unpaired) electrons. The number of hydrogen-bond donors (Lipinski definition) is 2. The Hall–Kier alpha value is -3.17. The molecule has 32 heavy (non-hydrogen) atoms. The van der Waals surface area contributed by atoms with Crippen LogP contribution in [-0.2, 0) is 30.3 Å². The van der Waals surface area contributed by atoms with Gasteiger partial charge in [0.15, 0.2) is 0 Å². The van der Waals surface area contributed by atoms with E-state index in [0.717, 1.165) is 0 Å². The third-order valence-electron chi connectivity index (χ3n) is 6.08. The van der Waals surface area contributed by atoms with Gasteiger partial charge in [0, 0.05) is 37.5 Å². The van der Waals surface area contributed by atoms with Crippen LogP contribution < -0.4 is 15.4 Å². The Kier molecular flexibility index (Phi) is 7.32. The smallest absolute Gasteiger partial charge is 0.308 e. The molecule has 2 heterocycles. The molecule has 1 aromatic carbocycles. The van der Waals surface area contributed by atoms with E-state index in [4.69, 9.17) is 4.74 Å². The molecular weight excluding hydrogens is 421 g/mol. The highest BCUT2D eigenvalue weighted by Gasteiger charge is 2.40. The topological polar surface area (TPSA) is 114 Å². The molecule has 2 aliphatic rings. The maximum Gasteiger partial charge on any atom is 0.308 e. The Bertz CT molecular complexity index is 908. The van der Waals surface area contributed by atoms with Gasteiger partial charge in [0.05, 0.1) is 20.6 Å². The van der Waals surface area contributed by atoms with E-state index in [9.17, 15) is 23.6 Å². The molecule has 2 N–H and O–H groups in total. The number of amides is 3. The first-order valence-electron chi connectivity index (χ1n) is 10.5. The van der Waals surface area contributed by atoms with E-state index in [1.807, 2.05) is 0 Å². The first kappa shape index (κ1) is 23.5. The molecule has 0 bridgehead atoms. The average molecular weight is 449 g/mol. The van der Waals surface area contributed by atoms with Crippen LogP contribution in [0.1, 0.15) is 37.7 Å². The molecule has 9 nitrogen and oxygen atoms in total. The predicted octanol–water partition coefficient (Wildman–Crippen LogP) is 0.696. The predicted molar refractivity (Wildman–Crippen MR) is 111 cm³/mol. The Morgan fingerprint density at radius 2 is 2.06 bits per heavy atom. The molecule has 2 saturated heterocycles. The van der Waals surface area contributed by atoms with Crippen molar-refractivity contribution in [3.8, 4) is 5.75 Å². The van der Waals surface area contributed by atoms with Gasteiger partial charge < -0.3 is 25.0 Å². The van der Waals surface area contributed by atoms with Gasteiger partial charge in [0.2, 0.25) is 17.7 Å². The summed E-state index contributed by atoms with van der Waals surface area (Å²) in [5.41, 5.74) is -0.348. The lowest BCUT2D eigenvalue weighted by molar-refractivity contribution is -0.150. The van der Waals surface area contributed by atoms with Crippen molar-refractivity contribution >= 4 is 23.7 Å². The molecule has 0 unspecified atom stereocenters. The van der Waals surface area contributed by atoms with Crippen molar-refractivity contribution in [2.75, 3.05) is 27.3 Å². The molecule has 0 aliphatic carbocycles. The Morgan fingerprint density at radius 3 is 2.69 bits per heavy atom. The Balaban J connectivity index is 1.72. The van der Waals surface area contributed by atoms with Crippen molar-refractivity contribution in [1.82, 2.24) is 15.5 Å². The van der Waals surface area contributed by atoms with E-state index in [0.29, 0.717) is 30.7 Å². The van der Waals surface area contributed by atoms with E-state index in [-0.39, 0.29) is 44.0 Å². The summed E-state index contributed by atoms with van der Waals surface area (Å²) in [4.78, 5) is 50.3. The average Bonchev–Trinajstić information content (AvgIpc) is 3.15. The number of rotatable bonds is 8. The van der Waals surface area contributed by atoms with Crippen LogP contribution in [-0.4, -0.2) is 67.5 Å². The van der Waals surface area contributed by atoms with Crippen molar-refractivity contribution in [1.29, 1.82) is 0 Å². The van der Waals surface area contributed by atoms with Crippen LogP contribution in [0, 0.1) is 5.82 Å². The van der Waals surface area contributed by atoms with E-state index in [2.05, 4.69) is 15.4 Å². The highest BCUT2D eigenvalue weighted by Crippen LogP contribution is 2.32. The zero-order valence-electron chi connectivity index (χ0n) is 18.2. The van der Waals surface area contributed by atoms with Crippen molar-refractivity contribution in [3.05, 3.63) is 29.6 Å². The number of hydrogen-bond acceptors (Lipinski definition) is 6. The van der Waals surface area contributed by atoms with Crippen LogP contribution in [0.15, 0.2) is 18.2 Å². The standard InChI is InChI=1S/C22H28FN3O6/c1-31-15-4-3-14(16(23)11-15)13-22(7-5-18(27)25-22)8-6-19(28)26-10-9-24-21(30)17(26)12-20(29)32-2/h3-4,11,17H,5-10,12-13H2,1-2H3,(H,24,30)(H,25,27)/t17-,22+/m0/s1. The number of nitrogens with zero attached hydrogens (tertiary/aromatic N) is 1. The van der Waals surface area contributed by atoms with Gasteiger partial charge in [-0.3, -0.25) is 19.2 Å². The molecule has 3 rings (SSSR count). The van der Waals surface area contributed by atoms with Crippen LogP contribution in [0.4, 0.5) is 4.39 Å². The quantitative estimate of drug-likeness (QED) is 0.565. The summed E-state index contributed by atoms with van der Waals surface area (Å²) in [5.74, 6) is -1.48. The molecule has 3 amide bonds. The number of nitrogens with one attached hydrogen (secondary N) is 2. The number of benzene rings is 1. The van der Waals surface area contributed by atoms with Gasteiger partial charge in [-0.25, -0.2) is 4.39 Å². The molecule has 1 aromatic rings. The zero-order valence-corrected chi connectivity index (χ0v) is 18.2. The largest absolute Gasteiger partial charge is 0.497 e. The lowest BCUT2D eigenvalue weighted by Gasteiger charge is -2.36. The highest BCUT2D eigenvalue weighted by atomic mass is 19.1. The highest BCUT2D eigenvalue weighted by molar-refractivity contribution is 5.92. The molecule has 10 heteroatoms. The molecule has 0 aromatic heterocycles. The van der Waals surface area contributed by atoms with Crippen molar-refractivity contribution < 1.29 is 33.0 Å². The minimum Gasteiger partial charge on any atom is -0.497 e. The maximum absolute atomic E-state index is 14.5. The van der Waals surface area contributed by atoms with Crippen molar-refractivity contribution in [2.24, 2.45) is 0 Å². The van der Waals surface area contributed by atoms with Gasteiger partial charge in [-0.1, -0.05) is 6.07 Å². The number of esters is 1. The summed E-state index contributed by atoms with van der Waals surface area (Å²) in [6.45, 7) is 0.569. The first-order chi connectivity index (χ1) is 15.3. The van der Waals surface area contributed by atoms with Crippen LogP contribution in [0.5, 0.6) is 5.75 Å². The second-order valence-corrected chi connectivity index (χ2v) is 8.14. The van der Waals surface area contributed by atoms with Gasteiger partial charge in [0.25, 0.3) is 0 Å². The Labute approximate surface area is 185 Å². The zero-order chi connectivity index (χ0) is 23.3. The molecule has 2 atom stereocenters. The van der Waals surface area contributed by atoms with Crippen LogP contribution in [0.25, 0.3) is 0 Å². The first-order valence-corrected chi connectivity index (χ1v) is 10.5. The molecule has 174 valence electrons. The molecule has 0 saturated carbocycles. The number of carbonyl (C=O) groups is 4. The van der Waals surface area contributed by atoms with Gasteiger partial charge in [0.1, 0.15) is 17.6 Å². The van der Waals surface area contributed by atoms with Gasteiger partial charge in [-0.2, -0.15) is 0 Å². The summed E-state index contributed by atoms with van der Waals surface area (Å²) >= 11 is 0. The van der Waals surface area contributed by atoms with Gasteiger partial charge in [-0.15, -0.1) is 0 Å². The summed E-state index contributed by atoms with van der Waals surface area (Å²) in [5, 5.41) is 5.59. The fourth-order valence-electron chi connectivity index (χ4n) is 4.29. The lowest BCUT2D eigenvalue weighted by Crippen LogP contribution is -2.58. The number of piperazine rings is 1. The van der Waals surface area contributed by atoms with Crippen LogP contribution in [0.3, 0.4) is 0 Å². The van der Waals surface area contributed by atoms with Crippen LogP contribution in [0.2, 0.25) is 0 Å². The monoisotopic (exact) mass is 449 g/mol. The fourth-order valence-corrected chi connectivity index (χ4v) is 4.29. The third kappa shape index (κ3) is 5.35. The molecule has 2 fully saturated rings. The minimum atomic E-state index is -0.933. The van der Waals surface area contributed by atoms with E-state index >= 15 is 0 Å². The number of methoxy groups -OCH3 is 2. The number of halogens is 1. The minimum absolute atomic E-state index is 0.0446. The summed E-state index contributed by atoms with van der Waals surface area (Å²) < 4.78 is 24.2. The van der Waals surface area contributed by atoms with E-state index < -0.39 is 29.3 Å². The molecule has 2 aliphatic heterocycles. The van der Waals surface area contributed by atoms with Gasteiger partial charge in [-0.05, 0) is 30.9 Å². The molecule has 0 spiro atoms.